The molecule has 0 spiro atoms. The predicted molar refractivity (Wildman–Crippen MR) is 101 cm³/mol. The first-order chi connectivity index (χ1) is 12.6. The minimum Gasteiger partial charge on any atom is -0.388 e. The Morgan fingerprint density at radius 1 is 0.808 bits per heavy atom. The summed E-state index contributed by atoms with van der Waals surface area (Å²) in [6.45, 7) is 7.49. The molecular weight excluding hydrogens is 328 g/mol. The average Bonchev–Trinajstić information content (AvgIpc) is 3.50. The molecular formula is C20H24N4O2. The summed E-state index contributed by atoms with van der Waals surface area (Å²) in [6, 6.07) is 8.31. The Kier molecular flexibility index (Phi) is 4.18. The highest BCUT2D eigenvalue weighted by atomic mass is 16.1. The quantitative estimate of drug-likeness (QED) is 0.650. The lowest BCUT2D eigenvalue weighted by Gasteiger charge is -2.21. The van der Waals surface area contributed by atoms with Crippen LogP contribution in [-0.4, -0.2) is 72.6 Å². The minimum atomic E-state index is 0.00546. The fourth-order valence-corrected chi connectivity index (χ4v) is 3.00. The molecule has 6 nitrogen and oxygen atoms in total. The van der Waals surface area contributed by atoms with Crippen molar-refractivity contribution in [1.82, 2.24) is 14.7 Å². The highest BCUT2D eigenvalue weighted by molar-refractivity contribution is 6.22. The van der Waals surface area contributed by atoms with Crippen LogP contribution >= 0.6 is 0 Å². The lowest BCUT2D eigenvalue weighted by molar-refractivity contribution is -0.117. The zero-order chi connectivity index (χ0) is 18.3. The fourth-order valence-electron chi connectivity index (χ4n) is 3.00. The Morgan fingerprint density at radius 2 is 1.35 bits per heavy atom. The van der Waals surface area contributed by atoms with Gasteiger partial charge in [-0.25, -0.2) is 0 Å². The van der Waals surface area contributed by atoms with Gasteiger partial charge < -0.3 is 20.0 Å². The van der Waals surface area contributed by atoms with Crippen LogP contribution in [0.3, 0.4) is 0 Å². The molecule has 3 saturated heterocycles. The van der Waals surface area contributed by atoms with Crippen LogP contribution in [0.1, 0.15) is 5.56 Å². The topological polar surface area (TPSA) is 55.2 Å². The summed E-state index contributed by atoms with van der Waals surface area (Å²) < 4.78 is 0. The summed E-state index contributed by atoms with van der Waals surface area (Å²) >= 11 is 0. The number of allylic oxidation sites excluding steroid dienone is 1. The Hall–Kier alpha value is -2.76. The Balaban J connectivity index is 0.000000160. The van der Waals surface area contributed by atoms with Gasteiger partial charge in [0.15, 0.2) is 0 Å². The molecule has 1 aliphatic carbocycles. The molecule has 0 amide bonds. The highest BCUT2D eigenvalue weighted by Crippen LogP contribution is 2.33. The largest absolute Gasteiger partial charge is 0.388 e. The van der Waals surface area contributed by atoms with E-state index in [4.69, 9.17) is 0 Å². The van der Waals surface area contributed by atoms with E-state index in [0.29, 0.717) is 17.1 Å². The van der Waals surface area contributed by atoms with E-state index >= 15 is 0 Å². The molecule has 3 fully saturated rings. The van der Waals surface area contributed by atoms with Gasteiger partial charge in [-0.2, -0.15) is 0 Å². The number of nitrogens with zero attached hydrogens (tertiary/aromatic N) is 3. The molecule has 6 heteroatoms. The van der Waals surface area contributed by atoms with Crippen molar-refractivity contribution in [1.29, 1.82) is 0 Å². The third-order valence-electron chi connectivity index (χ3n) is 4.83. The maximum Gasteiger partial charge on any atom is 0.227 e. The summed E-state index contributed by atoms with van der Waals surface area (Å²) in [4.78, 5) is 30.5. The minimum absolute atomic E-state index is 0.00546. The summed E-state index contributed by atoms with van der Waals surface area (Å²) in [5, 5.41) is 3.05. The van der Waals surface area contributed by atoms with E-state index in [1.807, 2.05) is 21.7 Å². The van der Waals surface area contributed by atoms with Crippen LogP contribution < -0.4 is 5.32 Å². The van der Waals surface area contributed by atoms with Crippen LogP contribution in [0.5, 0.6) is 0 Å². The standard InChI is InChI=1S/C12H13N3O2.C8H11N/c16-9-7-8(13-1-2-13)12(17)11(15-5-6-15)10(9)14-3-4-14;1-7-3-5-8(9-2)6-4-7/h7H,1-6H2;3-6,9H,1-2H3. The molecule has 0 radical (unpaired) electrons. The summed E-state index contributed by atoms with van der Waals surface area (Å²) in [5.41, 5.74) is 4.35. The first kappa shape index (κ1) is 16.7. The molecule has 4 aliphatic rings. The van der Waals surface area contributed by atoms with Crippen molar-refractivity contribution in [2.24, 2.45) is 0 Å². The lowest BCUT2D eigenvalue weighted by atomic mass is 10.0. The van der Waals surface area contributed by atoms with Gasteiger partial charge in [0.05, 0.1) is 5.70 Å². The van der Waals surface area contributed by atoms with Crippen LogP contribution in [0.25, 0.3) is 0 Å². The van der Waals surface area contributed by atoms with Gasteiger partial charge in [-0.1, -0.05) is 17.7 Å². The molecule has 0 bridgehead atoms. The zero-order valence-electron chi connectivity index (χ0n) is 15.3. The second kappa shape index (κ2) is 6.52. The normalized spacial score (nSPS) is 20.5. The maximum atomic E-state index is 12.4. The van der Waals surface area contributed by atoms with E-state index in [2.05, 4.69) is 36.5 Å². The summed E-state index contributed by atoms with van der Waals surface area (Å²) in [7, 11) is 1.92. The molecule has 5 rings (SSSR count). The number of rotatable bonds is 4. The van der Waals surface area contributed by atoms with Gasteiger partial charge in [-0.15, -0.1) is 0 Å². The first-order valence-corrected chi connectivity index (χ1v) is 9.13. The first-order valence-electron chi connectivity index (χ1n) is 9.13. The average molecular weight is 352 g/mol. The van der Waals surface area contributed by atoms with Crippen molar-refractivity contribution in [3.05, 3.63) is 53.0 Å². The van der Waals surface area contributed by atoms with E-state index < -0.39 is 0 Å². The van der Waals surface area contributed by atoms with E-state index in [1.54, 1.807) is 0 Å². The number of nitrogens with one attached hydrogen (secondary N) is 1. The van der Waals surface area contributed by atoms with E-state index in [1.165, 1.54) is 17.3 Å². The monoisotopic (exact) mass is 352 g/mol. The fraction of sp³-hybridized carbons (Fsp3) is 0.400. The van der Waals surface area contributed by atoms with Crippen molar-refractivity contribution in [2.45, 2.75) is 6.92 Å². The van der Waals surface area contributed by atoms with Gasteiger partial charge in [0.2, 0.25) is 11.6 Å². The number of benzene rings is 1. The molecule has 26 heavy (non-hydrogen) atoms. The number of ketones is 2. The molecule has 3 aliphatic heterocycles. The van der Waals surface area contributed by atoms with Gasteiger partial charge in [0.25, 0.3) is 0 Å². The molecule has 0 saturated carbocycles. The van der Waals surface area contributed by atoms with Crippen molar-refractivity contribution < 1.29 is 9.59 Å². The third-order valence-corrected chi connectivity index (χ3v) is 4.83. The molecule has 136 valence electrons. The Morgan fingerprint density at radius 3 is 1.85 bits per heavy atom. The molecule has 0 aromatic heterocycles. The molecule has 1 aromatic carbocycles. The van der Waals surface area contributed by atoms with Gasteiger partial charge in [0.1, 0.15) is 11.4 Å². The lowest BCUT2D eigenvalue weighted by Crippen LogP contribution is -2.29. The third kappa shape index (κ3) is 3.45. The van der Waals surface area contributed by atoms with Crippen molar-refractivity contribution in [3.63, 3.8) is 0 Å². The van der Waals surface area contributed by atoms with Crippen molar-refractivity contribution in [2.75, 3.05) is 51.6 Å². The second-order valence-electron chi connectivity index (χ2n) is 7.00. The summed E-state index contributed by atoms with van der Waals surface area (Å²) in [5.74, 6) is 0.0485. The molecule has 1 aromatic rings. The number of hydrogen-bond acceptors (Lipinski definition) is 6. The number of aryl methyl sites for hydroxylation is 1. The van der Waals surface area contributed by atoms with Crippen molar-refractivity contribution in [3.8, 4) is 0 Å². The maximum absolute atomic E-state index is 12.4. The van der Waals surface area contributed by atoms with Crippen LogP contribution in [0.15, 0.2) is 47.4 Å². The molecule has 3 heterocycles. The Labute approximate surface area is 153 Å². The van der Waals surface area contributed by atoms with Crippen LogP contribution in [0, 0.1) is 6.92 Å². The van der Waals surface area contributed by atoms with E-state index in [-0.39, 0.29) is 11.6 Å². The van der Waals surface area contributed by atoms with E-state index in [9.17, 15) is 9.59 Å². The molecule has 0 unspecified atom stereocenters. The zero-order valence-corrected chi connectivity index (χ0v) is 15.3. The number of Topliss-reactive ketones (excluding diaryl/α,β-unsaturated/α-hetero) is 1. The molecule has 0 atom stereocenters. The smallest absolute Gasteiger partial charge is 0.227 e. The predicted octanol–water partition coefficient (Wildman–Crippen LogP) is 1.22. The number of anilines is 1. The van der Waals surface area contributed by atoms with Gasteiger partial charge in [-0.3, -0.25) is 9.59 Å². The van der Waals surface area contributed by atoms with Gasteiger partial charge in [0, 0.05) is 58.1 Å². The second-order valence-corrected chi connectivity index (χ2v) is 7.00. The van der Waals surface area contributed by atoms with Gasteiger partial charge >= 0.3 is 0 Å². The molecule has 1 N–H and O–H groups in total. The van der Waals surface area contributed by atoms with Crippen LogP contribution in [0.2, 0.25) is 0 Å². The van der Waals surface area contributed by atoms with E-state index in [0.717, 1.165) is 39.3 Å². The SMILES string of the molecule is CNc1ccc(C)cc1.O=C1C=C(N2CC2)C(=O)C(N2CC2)=C1N1CC1. The highest BCUT2D eigenvalue weighted by Gasteiger charge is 2.43. The Bertz CT molecular complexity index is 798. The number of carbonyl (C=O) groups excluding carboxylic acids is 2. The van der Waals surface area contributed by atoms with Crippen molar-refractivity contribution >= 4 is 17.3 Å². The van der Waals surface area contributed by atoms with Gasteiger partial charge in [-0.05, 0) is 19.1 Å². The summed E-state index contributed by atoms with van der Waals surface area (Å²) in [6.07, 6.45) is 1.52. The number of hydrogen-bond donors (Lipinski definition) is 1. The van der Waals surface area contributed by atoms with Crippen LogP contribution in [-0.2, 0) is 9.59 Å². The van der Waals surface area contributed by atoms with Crippen LogP contribution in [0.4, 0.5) is 5.69 Å². The number of carbonyl (C=O) groups is 2.